The molecule has 1 aromatic heterocycles. The lowest BCUT2D eigenvalue weighted by Gasteiger charge is -2.28. The van der Waals surface area contributed by atoms with Gasteiger partial charge in [-0.1, -0.05) is 78.4 Å². The van der Waals surface area contributed by atoms with Crippen LogP contribution < -0.4 is 15.5 Å². The second-order valence-electron chi connectivity index (χ2n) is 12.6. The molecule has 4 N–H and O–H groups in total. The van der Waals surface area contributed by atoms with Crippen LogP contribution in [0.5, 0.6) is 0 Å². The molecule has 1 saturated heterocycles. The van der Waals surface area contributed by atoms with Gasteiger partial charge in [0.15, 0.2) is 5.60 Å². The molecule has 2 amide bonds. The minimum absolute atomic E-state index is 0.0163. The number of amides is 2. The van der Waals surface area contributed by atoms with Crippen molar-refractivity contribution in [2.75, 3.05) is 29.9 Å². The molecular formula is C37H41ClN6O4. The maximum atomic E-state index is 14.1. The van der Waals surface area contributed by atoms with Gasteiger partial charge in [0.2, 0.25) is 5.91 Å². The van der Waals surface area contributed by atoms with Gasteiger partial charge in [-0.25, -0.2) is 0 Å². The molecule has 2 aliphatic heterocycles. The fourth-order valence-electron chi connectivity index (χ4n) is 6.61. The fourth-order valence-corrected chi connectivity index (χ4v) is 6.78. The summed E-state index contributed by atoms with van der Waals surface area (Å²) in [5, 5.41) is 37.3. The van der Waals surface area contributed by atoms with E-state index in [4.69, 9.17) is 11.6 Å². The molecule has 3 aromatic carbocycles. The molecule has 6 rings (SSSR count). The highest BCUT2D eigenvalue weighted by atomic mass is 35.5. The average Bonchev–Trinajstić information content (AvgIpc) is 3.65. The Morgan fingerprint density at radius 3 is 2.77 bits per heavy atom. The first-order chi connectivity index (χ1) is 23.3. The van der Waals surface area contributed by atoms with Crippen molar-refractivity contribution in [3.63, 3.8) is 0 Å². The Labute approximate surface area is 285 Å². The van der Waals surface area contributed by atoms with E-state index in [1.54, 1.807) is 27.8 Å². The number of allylic oxidation sites excluding steroid dienone is 1. The number of aromatic nitrogens is 3. The molecule has 0 radical (unpaired) electrons. The number of carbonyl (C=O) groups excluding carboxylic acids is 2. The number of rotatable bonds is 12. The van der Waals surface area contributed by atoms with Crippen LogP contribution in [-0.2, 0) is 28.3 Å². The summed E-state index contributed by atoms with van der Waals surface area (Å²) in [6.45, 7) is 4.09. The van der Waals surface area contributed by atoms with Crippen LogP contribution in [0, 0.1) is 11.8 Å². The molecule has 3 heterocycles. The van der Waals surface area contributed by atoms with Crippen LogP contribution in [0.4, 0.5) is 11.4 Å². The van der Waals surface area contributed by atoms with E-state index in [0.717, 1.165) is 30.5 Å². The predicted octanol–water partition coefficient (Wildman–Crippen LogP) is 5.01. The lowest BCUT2D eigenvalue weighted by atomic mass is 9.83. The second kappa shape index (κ2) is 14.8. The van der Waals surface area contributed by atoms with Gasteiger partial charge in [0.1, 0.15) is 0 Å². The van der Waals surface area contributed by atoms with Crippen molar-refractivity contribution >= 4 is 34.8 Å². The van der Waals surface area contributed by atoms with Crippen LogP contribution in [0.3, 0.4) is 0 Å². The van der Waals surface area contributed by atoms with Gasteiger partial charge in [-0.15, -0.1) is 5.10 Å². The number of nitrogens with zero attached hydrogens (tertiary/aromatic N) is 4. The van der Waals surface area contributed by atoms with Crippen LogP contribution >= 0.6 is 11.6 Å². The topological polar surface area (TPSA) is 133 Å². The van der Waals surface area contributed by atoms with Crippen LogP contribution in [-0.4, -0.2) is 56.7 Å². The van der Waals surface area contributed by atoms with Crippen LogP contribution in [0.1, 0.15) is 54.5 Å². The highest BCUT2D eigenvalue weighted by molar-refractivity contribution is 6.31. The molecule has 2 aliphatic rings. The van der Waals surface area contributed by atoms with E-state index in [1.807, 2.05) is 79.9 Å². The number of nitrogens with one attached hydrogen (secondary N) is 2. The Morgan fingerprint density at radius 2 is 2.00 bits per heavy atom. The molecular weight excluding hydrogens is 628 g/mol. The number of benzene rings is 3. The van der Waals surface area contributed by atoms with Crippen molar-refractivity contribution in [3.8, 4) is 0 Å². The van der Waals surface area contributed by atoms with Crippen molar-refractivity contribution in [2.24, 2.45) is 11.8 Å². The minimum atomic E-state index is -1.82. The van der Waals surface area contributed by atoms with Crippen molar-refractivity contribution in [1.82, 2.24) is 20.3 Å². The molecule has 250 valence electrons. The second-order valence-corrected chi connectivity index (χ2v) is 13.0. The number of aliphatic hydroxyl groups excluding tert-OH is 1. The summed E-state index contributed by atoms with van der Waals surface area (Å²) >= 11 is 6.38. The normalized spacial score (nSPS) is 20.5. The van der Waals surface area contributed by atoms with E-state index < -0.39 is 17.4 Å². The third-order valence-corrected chi connectivity index (χ3v) is 9.58. The number of fused-ring (bicyclic) bond motifs is 1. The summed E-state index contributed by atoms with van der Waals surface area (Å²) in [5.41, 5.74) is 2.39. The number of carbonyl (C=O) groups is 2. The van der Waals surface area contributed by atoms with E-state index in [2.05, 4.69) is 20.9 Å². The third-order valence-electron chi connectivity index (χ3n) is 9.34. The van der Waals surface area contributed by atoms with Crippen molar-refractivity contribution in [1.29, 1.82) is 0 Å². The maximum Gasteiger partial charge on any atom is 0.264 e. The van der Waals surface area contributed by atoms with Crippen LogP contribution in [0.15, 0.2) is 91.1 Å². The number of hydrogen-bond donors (Lipinski definition) is 4. The summed E-state index contributed by atoms with van der Waals surface area (Å²) in [4.78, 5) is 28.5. The van der Waals surface area contributed by atoms with Gasteiger partial charge in [0, 0.05) is 41.5 Å². The van der Waals surface area contributed by atoms with E-state index in [1.165, 1.54) is 0 Å². The van der Waals surface area contributed by atoms with Gasteiger partial charge < -0.3 is 25.7 Å². The average molecular weight is 669 g/mol. The SMILES string of the molecule is C[C@@H](/C=C/CCn1cc(C(CO)c2ccccc2)nn1)[C@]1(O)C(=O)N(Cc2cccc(NC(=O)C3CCCNC3)c2)c2ccc(Cl)cc21. The molecule has 4 atom stereocenters. The molecule has 0 spiro atoms. The Kier molecular flexibility index (Phi) is 10.4. The summed E-state index contributed by atoms with van der Waals surface area (Å²) < 4.78 is 1.73. The number of anilines is 2. The van der Waals surface area contributed by atoms with Crippen molar-refractivity contribution in [3.05, 3.63) is 119 Å². The molecule has 11 heteroatoms. The van der Waals surface area contributed by atoms with Crippen molar-refractivity contribution in [2.45, 2.75) is 50.8 Å². The number of aliphatic hydroxyl groups is 2. The minimum Gasteiger partial charge on any atom is -0.395 e. The molecule has 2 unspecified atom stereocenters. The van der Waals surface area contributed by atoms with E-state index in [-0.39, 0.29) is 30.9 Å². The Balaban J connectivity index is 1.13. The third kappa shape index (κ3) is 7.07. The lowest BCUT2D eigenvalue weighted by Crippen LogP contribution is -2.44. The molecule has 1 fully saturated rings. The summed E-state index contributed by atoms with van der Waals surface area (Å²) in [7, 11) is 0. The van der Waals surface area contributed by atoms with Gasteiger partial charge in [-0.3, -0.25) is 14.3 Å². The Hall–Kier alpha value is -4.35. The molecule has 10 nitrogen and oxygen atoms in total. The zero-order chi connectivity index (χ0) is 33.7. The summed E-state index contributed by atoms with van der Waals surface area (Å²) in [6.07, 6.45) is 8.03. The first-order valence-corrected chi connectivity index (χ1v) is 16.8. The largest absolute Gasteiger partial charge is 0.395 e. The zero-order valence-corrected chi connectivity index (χ0v) is 27.7. The Bertz CT molecular complexity index is 1770. The number of halogens is 1. The van der Waals surface area contributed by atoms with Gasteiger partial charge in [0.05, 0.1) is 36.4 Å². The fraction of sp³-hybridized carbons (Fsp3) is 0.351. The molecule has 0 aliphatic carbocycles. The quantitative estimate of drug-likeness (QED) is 0.156. The number of aryl methyl sites for hydroxylation is 1. The number of piperidine rings is 1. The van der Waals surface area contributed by atoms with E-state index in [0.29, 0.717) is 47.2 Å². The predicted molar refractivity (Wildman–Crippen MR) is 186 cm³/mol. The van der Waals surface area contributed by atoms with E-state index in [9.17, 15) is 19.8 Å². The van der Waals surface area contributed by atoms with Crippen LogP contribution in [0.25, 0.3) is 0 Å². The van der Waals surface area contributed by atoms with Gasteiger partial charge in [-0.05, 0) is 67.3 Å². The maximum absolute atomic E-state index is 14.1. The Morgan fingerprint density at radius 1 is 1.17 bits per heavy atom. The van der Waals surface area contributed by atoms with E-state index >= 15 is 0 Å². The molecule has 0 bridgehead atoms. The highest BCUT2D eigenvalue weighted by Crippen LogP contribution is 2.46. The van der Waals surface area contributed by atoms with Crippen LogP contribution in [0.2, 0.25) is 5.02 Å². The monoisotopic (exact) mass is 668 g/mol. The molecule has 0 saturated carbocycles. The van der Waals surface area contributed by atoms with Crippen molar-refractivity contribution < 1.29 is 19.8 Å². The molecule has 48 heavy (non-hydrogen) atoms. The van der Waals surface area contributed by atoms with Gasteiger partial charge in [-0.2, -0.15) is 0 Å². The lowest BCUT2D eigenvalue weighted by molar-refractivity contribution is -0.139. The summed E-state index contributed by atoms with van der Waals surface area (Å²) in [6, 6.07) is 22.3. The first-order valence-electron chi connectivity index (χ1n) is 16.4. The smallest absolute Gasteiger partial charge is 0.264 e. The standard InChI is InChI=1S/C37H41ClN6O4/c1-25(9-5-6-18-43-23-33(41-42-43)31(24-45)27-11-3-2-4-12-27)37(48)32-20-29(38)15-16-34(32)44(36(37)47)22-26-10-7-14-30(19-26)40-35(46)28-13-8-17-39-21-28/h2-5,7,9-12,14-16,19-20,23,25,28,31,39,45,48H,6,8,13,17-18,21-22,24H2,1H3,(H,40,46)/b9-5+/t25-,28?,31?,37+/m0/s1. The first kappa shape index (κ1) is 33.5. The number of hydrogen-bond acceptors (Lipinski definition) is 7. The zero-order valence-electron chi connectivity index (χ0n) is 26.9. The van der Waals surface area contributed by atoms with Gasteiger partial charge in [0.25, 0.3) is 5.91 Å². The van der Waals surface area contributed by atoms with Gasteiger partial charge >= 0.3 is 0 Å². The molecule has 4 aromatic rings. The highest BCUT2D eigenvalue weighted by Gasteiger charge is 2.52. The summed E-state index contributed by atoms with van der Waals surface area (Å²) in [5.74, 6) is -1.34.